The summed E-state index contributed by atoms with van der Waals surface area (Å²) in [6.07, 6.45) is -0.532. The van der Waals surface area contributed by atoms with Gasteiger partial charge in [0.15, 0.2) is 0 Å². The Morgan fingerprint density at radius 1 is 1.33 bits per heavy atom. The van der Waals surface area contributed by atoms with E-state index >= 15 is 0 Å². The molecule has 0 bridgehead atoms. The van der Waals surface area contributed by atoms with E-state index in [1.807, 2.05) is 42.3 Å². The van der Waals surface area contributed by atoms with Gasteiger partial charge in [-0.15, -0.1) is 0 Å². The quantitative estimate of drug-likeness (QED) is 0.630. The van der Waals surface area contributed by atoms with Crippen LogP contribution in [0, 0.1) is 10.1 Å². The summed E-state index contributed by atoms with van der Waals surface area (Å²) in [6, 6.07) is 13.5. The molecule has 140 valence electrons. The van der Waals surface area contributed by atoms with Crippen LogP contribution in [-0.2, 0) is 4.79 Å². The number of likely N-dealkylation sites (N-methyl/N-ethyl adjacent to an activating group) is 1. The van der Waals surface area contributed by atoms with E-state index in [2.05, 4.69) is 5.32 Å². The first kappa shape index (κ1) is 18.5. The highest BCUT2D eigenvalue weighted by Gasteiger charge is 2.26. The lowest BCUT2D eigenvalue weighted by molar-refractivity contribution is -0.384. The van der Waals surface area contributed by atoms with Gasteiger partial charge in [0.05, 0.1) is 23.2 Å². The third kappa shape index (κ3) is 3.95. The Morgan fingerprint density at radius 3 is 2.67 bits per heavy atom. The second kappa shape index (κ2) is 7.55. The van der Waals surface area contributed by atoms with Crippen molar-refractivity contribution >= 4 is 23.0 Å². The lowest BCUT2D eigenvalue weighted by Crippen LogP contribution is -2.47. The summed E-state index contributed by atoms with van der Waals surface area (Å²) in [5.74, 6) is -0.304. The van der Waals surface area contributed by atoms with Crippen molar-refractivity contribution in [3.8, 4) is 0 Å². The number of benzodiazepines with no additional fused rings is 1. The van der Waals surface area contributed by atoms with Crippen LogP contribution in [0.2, 0.25) is 0 Å². The number of aliphatic imine (C=N–C) groups is 1. The molecule has 3 rings (SSSR count). The first-order valence-corrected chi connectivity index (χ1v) is 8.56. The lowest BCUT2D eigenvalue weighted by atomic mass is 9.99. The number of anilines is 1. The molecule has 27 heavy (non-hydrogen) atoms. The van der Waals surface area contributed by atoms with Gasteiger partial charge in [-0.3, -0.25) is 19.9 Å². The van der Waals surface area contributed by atoms with Crippen LogP contribution in [0.4, 0.5) is 11.4 Å². The van der Waals surface area contributed by atoms with E-state index in [0.717, 1.165) is 11.3 Å². The number of carbonyl (C=O) groups excluding carboxylic acids is 1. The smallest absolute Gasteiger partial charge is 0.270 e. The molecule has 8 heteroatoms. The predicted molar refractivity (Wildman–Crippen MR) is 104 cm³/mol. The van der Waals surface area contributed by atoms with Crippen LogP contribution < -0.4 is 16.0 Å². The first-order chi connectivity index (χ1) is 12.9. The van der Waals surface area contributed by atoms with Crippen LogP contribution >= 0.6 is 0 Å². The van der Waals surface area contributed by atoms with Crippen molar-refractivity contribution in [3.05, 3.63) is 69.8 Å². The molecular weight excluding hydrogens is 346 g/mol. The Bertz CT molecular complexity index is 895. The summed E-state index contributed by atoms with van der Waals surface area (Å²) in [6.45, 7) is 2.02. The molecule has 1 aliphatic rings. The number of nitro groups is 1. The van der Waals surface area contributed by atoms with E-state index in [-0.39, 0.29) is 11.6 Å². The Kier molecular flexibility index (Phi) is 5.18. The Balaban J connectivity index is 2.14. The number of rotatable bonds is 4. The zero-order valence-corrected chi connectivity index (χ0v) is 15.1. The van der Waals surface area contributed by atoms with Gasteiger partial charge in [0, 0.05) is 36.0 Å². The SMILES string of the molecule is C[C@H](N)C(=O)NC1CN(C)c2ccc([N+](=O)[O-])cc2C(c2ccccc2)=N1. The molecule has 0 aromatic heterocycles. The fourth-order valence-electron chi connectivity index (χ4n) is 2.98. The summed E-state index contributed by atoms with van der Waals surface area (Å²) < 4.78 is 0. The van der Waals surface area contributed by atoms with Gasteiger partial charge >= 0.3 is 0 Å². The Morgan fingerprint density at radius 2 is 2.04 bits per heavy atom. The average molecular weight is 367 g/mol. The number of fused-ring (bicyclic) bond motifs is 1. The fraction of sp³-hybridized carbons (Fsp3) is 0.263. The highest BCUT2D eigenvalue weighted by Crippen LogP contribution is 2.30. The zero-order chi connectivity index (χ0) is 19.6. The average Bonchev–Trinajstić information content (AvgIpc) is 2.78. The Labute approximate surface area is 156 Å². The maximum absolute atomic E-state index is 12.1. The number of hydrogen-bond donors (Lipinski definition) is 2. The molecule has 2 aromatic rings. The molecule has 0 aliphatic carbocycles. The van der Waals surface area contributed by atoms with Gasteiger partial charge in [-0.25, -0.2) is 0 Å². The molecule has 1 heterocycles. The highest BCUT2D eigenvalue weighted by atomic mass is 16.6. The molecule has 1 aliphatic heterocycles. The number of benzene rings is 2. The molecule has 0 radical (unpaired) electrons. The normalized spacial score (nSPS) is 17.4. The molecule has 1 amide bonds. The number of nitrogens with two attached hydrogens (primary N) is 1. The van der Waals surface area contributed by atoms with Crippen LogP contribution in [0.1, 0.15) is 18.1 Å². The maximum atomic E-state index is 12.1. The summed E-state index contributed by atoms with van der Waals surface area (Å²) in [7, 11) is 1.86. The van der Waals surface area contributed by atoms with Crippen LogP contribution in [0.3, 0.4) is 0 Å². The molecule has 1 unspecified atom stereocenters. The van der Waals surface area contributed by atoms with Gasteiger partial charge in [-0.1, -0.05) is 30.3 Å². The largest absolute Gasteiger partial charge is 0.370 e. The fourth-order valence-corrected chi connectivity index (χ4v) is 2.98. The number of hydrogen-bond acceptors (Lipinski definition) is 6. The third-order valence-corrected chi connectivity index (χ3v) is 4.36. The van der Waals surface area contributed by atoms with Crippen molar-refractivity contribution in [2.45, 2.75) is 19.1 Å². The van der Waals surface area contributed by atoms with Crippen molar-refractivity contribution < 1.29 is 9.72 Å². The summed E-state index contributed by atoms with van der Waals surface area (Å²) in [4.78, 5) is 29.6. The molecule has 0 spiro atoms. The van der Waals surface area contributed by atoms with Crippen LogP contribution in [0.5, 0.6) is 0 Å². The van der Waals surface area contributed by atoms with Crippen molar-refractivity contribution in [2.75, 3.05) is 18.5 Å². The van der Waals surface area contributed by atoms with Crippen LogP contribution in [0.15, 0.2) is 53.5 Å². The van der Waals surface area contributed by atoms with E-state index in [1.54, 1.807) is 13.0 Å². The first-order valence-electron chi connectivity index (χ1n) is 8.56. The minimum Gasteiger partial charge on any atom is -0.370 e. The minimum atomic E-state index is -0.655. The van der Waals surface area contributed by atoms with E-state index in [4.69, 9.17) is 10.7 Å². The summed E-state index contributed by atoms with van der Waals surface area (Å²) >= 11 is 0. The summed E-state index contributed by atoms with van der Waals surface area (Å²) in [5, 5.41) is 14.1. The van der Waals surface area contributed by atoms with Gasteiger partial charge in [0.25, 0.3) is 5.69 Å². The van der Waals surface area contributed by atoms with E-state index in [1.165, 1.54) is 12.1 Å². The van der Waals surface area contributed by atoms with Gasteiger partial charge in [-0.05, 0) is 13.0 Å². The standard InChI is InChI=1S/C19H21N5O3/c1-12(20)19(25)22-17-11-23(2)16-9-8-14(24(26)27)10-15(16)18(21-17)13-6-4-3-5-7-13/h3-10,12,17H,11,20H2,1-2H3,(H,22,25)/t12-,17?/m0/s1. The second-order valence-corrected chi connectivity index (χ2v) is 6.50. The van der Waals surface area contributed by atoms with Gasteiger partial charge in [0.2, 0.25) is 5.91 Å². The Hall–Kier alpha value is -3.26. The molecule has 0 fully saturated rings. The van der Waals surface area contributed by atoms with Crippen molar-refractivity contribution in [3.63, 3.8) is 0 Å². The van der Waals surface area contributed by atoms with Crippen molar-refractivity contribution in [1.82, 2.24) is 5.32 Å². The second-order valence-electron chi connectivity index (χ2n) is 6.50. The third-order valence-electron chi connectivity index (χ3n) is 4.36. The molecule has 2 atom stereocenters. The van der Waals surface area contributed by atoms with Crippen molar-refractivity contribution in [2.24, 2.45) is 10.7 Å². The number of nitrogens with one attached hydrogen (secondary N) is 1. The lowest BCUT2D eigenvalue weighted by Gasteiger charge is -2.23. The van der Waals surface area contributed by atoms with E-state index < -0.39 is 17.1 Å². The number of nitro benzene ring substituents is 1. The van der Waals surface area contributed by atoms with Crippen molar-refractivity contribution in [1.29, 1.82) is 0 Å². The number of carbonyl (C=O) groups is 1. The van der Waals surface area contributed by atoms with Gasteiger partial charge in [0.1, 0.15) is 6.17 Å². The molecular formula is C19H21N5O3. The molecule has 0 saturated heterocycles. The number of non-ortho nitro benzene ring substituents is 1. The summed E-state index contributed by atoms with van der Waals surface area (Å²) in [5.41, 5.74) is 8.51. The maximum Gasteiger partial charge on any atom is 0.270 e. The highest BCUT2D eigenvalue weighted by molar-refractivity contribution is 6.16. The topological polar surface area (TPSA) is 114 Å². The van der Waals surface area contributed by atoms with Crippen LogP contribution in [-0.4, -0.2) is 42.3 Å². The van der Waals surface area contributed by atoms with Crippen LogP contribution in [0.25, 0.3) is 0 Å². The zero-order valence-electron chi connectivity index (χ0n) is 15.1. The monoisotopic (exact) mass is 367 g/mol. The number of nitrogens with zero attached hydrogens (tertiary/aromatic N) is 3. The predicted octanol–water partition coefficient (Wildman–Crippen LogP) is 1.67. The van der Waals surface area contributed by atoms with E-state index in [9.17, 15) is 14.9 Å². The molecule has 3 N–H and O–H groups in total. The molecule has 0 saturated carbocycles. The van der Waals surface area contributed by atoms with E-state index in [0.29, 0.717) is 17.8 Å². The number of amides is 1. The van der Waals surface area contributed by atoms with Gasteiger partial charge < -0.3 is 16.0 Å². The molecule has 2 aromatic carbocycles. The minimum absolute atomic E-state index is 0.0103. The van der Waals surface area contributed by atoms with Gasteiger partial charge in [-0.2, -0.15) is 0 Å². The molecule has 8 nitrogen and oxygen atoms in total.